The van der Waals surface area contributed by atoms with E-state index < -0.39 is 0 Å². The first-order valence-corrected chi connectivity index (χ1v) is 10.6. The van der Waals surface area contributed by atoms with Crippen molar-refractivity contribution in [3.63, 3.8) is 0 Å². The van der Waals surface area contributed by atoms with Gasteiger partial charge in [-0.1, -0.05) is 49.6 Å². The molecule has 2 aliphatic carbocycles. The molecule has 1 aromatic carbocycles. The fraction of sp³-hybridized carbons (Fsp3) is 0.682. The Morgan fingerprint density at radius 1 is 0.926 bits per heavy atom. The number of ether oxygens (including phenoxy) is 1. The molecule has 4 rings (SSSR count). The number of hydrogen-bond acceptors (Lipinski definition) is 3. The van der Waals surface area contributed by atoms with Gasteiger partial charge in [0, 0.05) is 37.1 Å². The Morgan fingerprint density at radius 3 is 2.26 bits per heavy atom. The minimum Gasteiger partial charge on any atom is -0.379 e. The molecular formula is C22H33N3O2. The van der Waals surface area contributed by atoms with Gasteiger partial charge in [0.25, 0.3) is 0 Å². The van der Waals surface area contributed by atoms with E-state index >= 15 is 0 Å². The molecule has 0 spiro atoms. The van der Waals surface area contributed by atoms with Gasteiger partial charge in [-0.05, 0) is 31.2 Å². The third-order valence-corrected chi connectivity index (χ3v) is 6.87. The van der Waals surface area contributed by atoms with Gasteiger partial charge in [-0.3, -0.25) is 4.90 Å². The van der Waals surface area contributed by atoms with Crippen molar-refractivity contribution in [1.29, 1.82) is 0 Å². The van der Waals surface area contributed by atoms with Crippen LogP contribution in [0.4, 0.5) is 4.79 Å². The molecule has 2 N–H and O–H groups in total. The number of hydrogen-bond donors (Lipinski definition) is 2. The summed E-state index contributed by atoms with van der Waals surface area (Å²) < 4.78 is 5.54. The molecule has 0 radical (unpaired) electrons. The van der Waals surface area contributed by atoms with Crippen molar-refractivity contribution in [3.8, 4) is 0 Å². The summed E-state index contributed by atoms with van der Waals surface area (Å²) in [6.07, 6.45) is 8.53. The Morgan fingerprint density at radius 2 is 1.59 bits per heavy atom. The molecule has 1 aromatic rings. The molecule has 2 saturated carbocycles. The van der Waals surface area contributed by atoms with Crippen LogP contribution in [0.3, 0.4) is 0 Å². The number of nitrogens with one attached hydrogen (secondary N) is 2. The summed E-state index contributed by atoms with van der Waals surface area (Å²) in [6, 6.07) is 10.6. The molecule has 5 heteroatoms. The fourth-order valence-electron chi connectivity index (χ4n) is 4.92. The van der Waals surface area contributed by atoms with E-state index in [1.165, 1.54) is 37.7 Å². The van der Waals surface area contributed by atoms with Gasteiger partial charge in [0.15, 0.2) is 0 Å². The summed E-state index contributed by atoms with van der Waals surface area (Å²) in [6.45, 7) is 5.08. The summed E-state index contributed by atoms with van der Waals surface area (Å²) in [5.41, 5.74) is 1.63. The van der Waals surface area contributed by atoms with Gasteiger partial charge >= 0.3 is 6.03 Å². The van der Waals surface area contributed by atoms with Crippen LogP contribution >= 0.6 is 0 Å². The van der Waals surface area contributed by atoms with Crippen LogP contribution in [0.25, 0.3) is 0 Å². The van der Waals surface area contributed by atoms with Crippen LogP contribution in [0.15, 0.2) is 30.3 Å². The minimum atomic E-state index is -0.0181. The second-order valence-electron chi connectivity index (χ2n) is 8.57. The van der Waals surface area contributed by atoms with Gasteiger partial charge < -0.3 is 15.4 Å². The normalized spacial score (nSPS) is 24.1. The van der Waals surface area contributed by atoms with Crippen LogP contribution in [-0.4, -0.2) is 55.9 Å². The standard InChI is InChI=1S/C22H33N3O2/c26-20(23-17-21(11-12-21)19-7-3-1-4-8-19)24-18-22(9-5-2-6-10-22)25-13-15-27-16-14-25/h1,3-4,7-8H,2,5-6,9-18H2,(H2,23,24,26). The second-order valence-corrected chi connectivity index (χ2v) is 8.57. The van der Waals surface area contributed by atoms with Gasteiger partial charge in [-0.15, -0.1) is 0 Å². The van der Waals surface area contributed by atoms with Gasteiger partial charge in [0.05, 0.1) is 13.2 Å². The van der Waals surface area contributed by atoms with Crippen molar-refractivity contribution in [2.24, 2.45) is 0 Å². The van der Waals surface area contributed by atoms with Crippen LogP contribution in [0.2, 0.25) is 0 Å². The maximum absolute atomic E-state index is 12.6. The van der Waals surface area contributed by atoms with E-state index in [2.05, 4.69) is 45.9 Å². The first-order chi connectivity index (χ1) is 13.2. The maximum Gasteiger partial charge on any atom is 0.314 e. The number of urea groups is 1. The van der Waals surface area contributed by atoms with Crippen molar-refractivity contribution in [3.05, 3.63) is 35.9 Å². The molecule has 0 atom stereocenters. The average molecular weight is 372 g/mol. The van der Waals surface area contributed by atoms with E-state index in [0.717, 1.165) is 52.2 Å². The zero-order valence-electron chi connectivity index (χ0n) is 16.3. The van der Waals surface area contributed by atoms with E-state index in [4.69, 9.17) is 4.74 Å². The number of amides is 2. The summed E-state index contributed by atoms with van der Waals surface area (Å²) in [5, 5.41) is 6.36. The summed E-state index contributed by atoms with van der Waals surface area (Å²) in [5.74, 6) is 0. The Kier molecular flexibility index (Phi) is 5.69. The highest BCUT2D eigenvalue weighted by molar-refractivity contribution is 5.74. The maximum atomic E-state index is 12.6. The smallest absolute Gasteiger partial charge is 0.314 e. The van der Waals surface area contributed by atoms with E-state index in [1.807, 2.05) is 0 Å². The number of carbonyl (C=O) groups is 1. The first kappa shape index (κ1) is 18.8. The molecular weight excluding hydrogens is 338 g/mol. The molecule has 3 aliphatic rings. The van der Waals surface area contributed by atoms with Gasteiger partial charge in [-0.25, -0.2) is 4.79 Å². The predicted molar refractivity (Wildman–Crippen MR) is 107 cm³/mol. The van der Waals surface area contributed by atoms with Crippen LogP contribution < -0.4 is 10.6 Å². The lowest BCUT2D eigenvalue weighted by atomic mass is 9.80. The van der Waals surface area contributed by atoms with Crippen molar-refractivity contribution in [2.75, 3.05) is 39.4 Å². The average Bonchev–Trinajstić information content (AvgIpc) is 3.54. The highest BCUT2D eigenvalue weighted by Crippen LogP contribution is 2.47. The molecule has 0 unspecified atom stereocenters. The fourth-order valence-corrected chi connectivity index (χ4v) is 4.92. The third-order valence-electron chi connectivity index (χ3n) is 6.87. The molecule has 1 aliphatic heterocycles. The predicted octanol–water partition coefficient (Wildman–Crippen LogP) is 3.05. The Hall–Kier alpha value is -1.59. The quantitative estimate of drug-likeness (QED) is 0.808. The van der Waals surface area contributed by atoms with E-state index in [1.54, 1.807) is 0 Å². The summed E-state index contributed by atoms with van der Waals surface area (Å²) in [4.78, 5) is 15.1. The number of benzene rings is 1. The van der Waals surface area contributed by atoms with E-state index in [0.29, 0.717) is 0 Å². The number of carbonyl (C=O) groups excluding carboxylic acids is 1. The van der Waals surface area contributed by atoms with E-state index in [-0.39, 0.29) is 17.0 Å². The highest BCUT2D eigenvalue weighted by Gasteiger charge is 2.44. The summed E-state index contributed by atoms with van der Waals surface area (Å²) in [7, 11) is 0. The lowest BCUT2D eigenvalue weighted by Gasteiger charge is -2.48. The zero-order chi connectivity index (χ0) is 18.6. The Balaban J connectivity index is 1.31. The van der Waals surface area contributed by atoms with Crippen LogP contribution in [0.5, 0.6) is 0 Å². The Bertz CT molecular complexity index is 618. The first-order valence-electron chi connectivity index (χ1n) is 10.6. The molecule has 0 aromatic heterocycles. The monoisotopic (exact) mass is 371 g/mol. The topological polar surface area (TPSA) is 53.6 Å². The lowest BCUT2D eigenvalue weighted by molar-refractivity contribution is -0.0357. The number of morpholine rings is 1. The van der Waals surface area contributed by atoms with Crippen LogP contribution in [-0.2, 0) is 10.2 Å². The van der Waals surface area contributed by atoms with E-state index in [9.17, 15) is 4.79 Å². The third kappa shape index (κ3) is 4.30. The van der Waals surface area contributed by atoms with Crippen molar-refractivity contribution in [2.45, 2.75) is 55.9 Å². The highest BCUT2D eigenvalue weighted by atomic mass is 16.5. The molecule has 1 heterocycles. The van der Waals surface area contributed by atoms with Crippen molar-refractivity contribution >= 4 is 6.03 Å². The molecule has 3 fully saturated rings. The lowest BCUT2D eigenvalue weighted by Crippen LogP contribution is -2.60. The van der Waals surface area contributed by atoms with Crippen molar-refractivity contribution in [1.82, 2.24) is 15.5 Å². The second kappa shape index (κ2) is 8.19. The minimum absolute atomic E-state index is 0.0181. The molecule has 1 saturated heterocycles. The van der Waals surface area contributed by atoms with Crippen LogP contribution in [0.1, 0.15) is 50.5 Å². The molecule has 2 amide bonds. The Labute approximate surface area is 162 Å². The summed E-state index contributed by atoms with van der Waals surface area (Å²) >= 11 is 0. The molecule has 0 bridgehead atoms. The SMILES string of the molecule is O=C(NCC1(c2ccccc2)CC1)NCC1(N2CCOCC2)CCCCC1. The molecule has 27 heavy (non-hydrogen) atoms. The van der Waals surface area contributed by atoms with Gasteiger partial charge in [0.2, 0.25) is 0 Å². The molecule has 5 nitrogen and oxygen atoms in total. The van der Waals surface area contributed by atoms with Gasteiger partial charge in [0.1, 0.15) is 0 Å². The molecule has 148 valence electrons. The number of rotatable bonds is 6. The number of nitrogens with zero attached hydrogens (tertiary/aromatic N) is 1. The van der Waals surface area contributed by atoms with Crippen molar-refractivity contribution < 1.29 is 9.53 Å². The van der Waals surface area contributed by atoms with Crippen LogP contribution in [0, 0.1) is 0 Å². The van der Waals surface area contributed by atoms with Gasteiger partial charge in [-0.2, -0.15) is 0 Å². The zero-order valence-corrected chi connectivity index (χ0v) is 16.3. The largest absolute Gasteiger partial charge is 0.379 e.